The molecule has 1 fully saturated rings. The third-order valence-electron chi connectivity index (χ3n) is 3.47. The van der Waals surface area contributed by atoms with Gasteiger partial charge in [-0.05, 0) is 40.0 Å². The minimum absolute atomic E-state index is 0.0513. The van der Waals surface area contributed by atoms with Gasteiger partial charge in [0, 0.05) is 12.6 Å². The highest BCUT2D eigenvalue weighted by Crippen LogP contribution is 2.27. The van der Waals surface area contributed by atoms with E-state index in [4.69, 9.17) is 9.47 Å². The summed E-state index contributed by atoms with van der Waals surface area (Å²) in [5.74, 6) is -0.169. The van der Waals surface area contributed by atoms with Crippen LogP contribution < -0.4 is 5.32 Å². The number of carbonyl (C=O) groups excluding carboxylic acids is 1. The Hall–Kier alpha value is -0.610. The summed E-state index contributed by atoms with van der Waals surface area (Å²) < 4.78 is 10.8. The summed E-state index contributed by atoms with van der Waals surface area (Å²) in [7, 11) is 0. The van der Waals surface area contributed by atoms with E-state index in [1.165, 1.54) is 0 Å². The Bertz CT molecular complexity index is 257. The fourth-order valence-electron chi connectivity index (χ4n) is 2.21. The lowest BCUT2D eigenvalue weighted by atomic mass is 9.89. The molecule has 1 N–H and O–H groups in total. The minimum atomic E-state index is -0.237. The summed E-state index contributed by atoms with van der Waals surface area (Å²) in [4.78, 5) is 11.5. The Balaban J connectivity index is 2.43. The number of hydrogen-bond donors (Lipinski definition) is 1. The molecule has 0 amide bonds. The van der Waals surface area contributed by atoms with Gasteiger partial charge in [0.05, 0.1) is 12.2 Å². The maximum absolute atomic E-state index is 11.5. The largest absolute Gasteiger partial charge is 0.465 e. The lowest BCUT2D eigenvalue weighted by Crippen LogP contribution is -2.49. The van der Waals surface area contributed by atoms with Gasteiger partial charge in [-0.2, -0.15) is 0 Å². The molecular weight excluding hydrogens is 218 g/mol. The topological polar surface area (TPSA) is 47.6 Å². The highest BCUT2D eigenvalue weighted by atomic mass is 16.5. The van der Waals surface area contributed by atoms with E-state index in [1.54, 1.807) is 0 Å². The zero-order valence-corrected chi connectivity index (χ0v) is 11.4. The van der Waals surface area contributed by atoms with Crippen LogP contribution in [0.25, 0.3) is 0 Å². The van der Waals surface area contributed by atoms with Crippen molar-refractivity contribution < 1.29 is 14.3 Å². The smallest absolute Gasteiger partial charge is 0.322 e. The molecule has 0 aliphatic carbocycles. The molecule has 100 valence electrons. The molecule has 1 aliphatic rings. The molecule has 0 spiro atoms. The first-order valence-corrected chi connectivity index (χ1v) is 6.57. The molecule has 3 unspecified atom stereocenters. The average molecular weight is 243 g/mol. The first kappa shape index (κ1) is 14.5. The van der Waals surface area contributed by atoms with E-state index < -0.39 is 0 Å². The van der Waals surface area contributed by atoms with E-state index in [-0.39, 0.29) is 17.6 Å². The van der Waals surface area contributed by atoms with Crippen molar-refractivity contribution in [3.05, 3.63) is 0 Å². The van der Waals surface area contributed by atoms with E-state index in [9.17, 15) is 4.79 Å². The number of carbonyl (C=O) groups is 1. The van der Waals surface area contributed by atoms with Crippen LogP contribution in [0.5, 0.6) is 0 Å². The molecule has 0 bridgehead atoms. The van der Waals surface area contributed by atoms with Crippen molar-refractivity contribution in [2.75, 3.05) is 13.2 Å². The van der Waals surface area contributed by atoms with Gasteiger partial charge in [0.1, 0.15) is 6.04 Å². The second-order valence-electron chi connectivity index (χ2n) is 4.98. The lowest BCUT2D eigenvalue weighted by Gasteiger charge is -2.38. The van der Waals surface area contributed by atoms with Gasteiger partial charge in [0.25, 0.3) is 0 Å². The zero-order chi connectivity index (χ0) is 12.9. The van der Waals surface area contributed by atoms with Crippen molar-refractivity contribution in [2.24, 2.45) is 0 Å². The molecule has 1 aliphatic heterocycles. The molecule has 4 nitrogen and oxygen atoms in total. The van der Waals surface area contributed by atoms with Crippen LogP contribution in [0.4, 0.5) is 0 Å². The van der Waals surface area contributed by atoms with E-state index >= 15 is 0 Å². The molecule has 3 atom stereocenters. The Morgan fingerprint density at radius 1 is 1.59 bits per heavy atom. The van der Waals surface area contributed by atoms with Gasteiger partial charge in [-0.15, -0.1) is 0 Å². The Kier molecular flexibility index (Phi) is 5.40. The fourth-order valence-corrected chi connectivity index (χ4v) is 2.21. The predicted octanol–water partition coefficient (Wildman–Crippen LogP) is 1.88. The lowest BCUT2D eigenvalue weighted by molar-refractivity contribution is -0.146. The summed E-state index contributed by atoms with van der Waals surface area (Å²) in [6, 6.07) is 0.104. The molecule has 0 aromatic rings. The number of esters is 1. The monoisotopic (exact) mass is 243 g/mol. The summed E-state index contributed by atoms with van der Waals surface area (Å²) in [6.45, 7) is 9.15. The molecule has 0 saturated carbocycles. The Morgan fingerprint density at radius 2 is 2.29 bits per heavy atom. The van der Waals surface area contributed by atoms with Crippen LogP contribution in [0.15, 0.2) is 0 Å². The van der Waals surface area contributed by atoms with E-state index in [1.807, 2.05) is 13.8 Å². The predicted molar refractivity (Wildman–Crippen MR) is 66.9 cm³/mol. The van der Waals surface area contributed by atoms with Gasteiger partial charge < -0.3 is 14.8 Å². The maximum atomic E-state index is 11.5. The highest BCUT2D eigenvalue weighted by Gasteiger charge is 2.32. The van der Waals surface area contributed by atoms with Crippen molar-refractivity contribution in [1.82, 2.24) is 5.32 Å². The summed E-state index contributed by atoms with van der Waals surface area (Å²) in [6.07, 6.45) is 2.91. The van der Waals surface area contributed by atoms with Gasteiger partial charge >= 0.3 is 5.97 Å². The number of ether oxygens (including phenoxy) is 2. The van der Waals surface area contributed by atoms with Crippen LogP contribution in [-0.4, -0.2) is 36.9 Å². The standard InChI is InChI=1S/C13H25NO3/c1-5-13(4)9-11(7-8-17-13)14-10(3)12(15)16-6-2/h10-11,14H,5-9H2,1-4H3. The summed E-state index contributed by atoms with van der Waals surface area (Å²) in [5, 5.41) is 3.34. The van der Waals surface area contributed by atoms with Crippen LogP contribution in [0.2, 0.25) is 0 Å². The van der Waals surface area contributed by atoms with Crippen molar-refractivity contribution in [1.29, 1.82) is 0 Å². The molecule has 0 aromatic carbocycles. The Labute approximate surface area is 104 Å². The molecule has 0 aromatic heterocycles. The maximum Gasteiger partial charge on any atom is 0.322 e. The zero-order valence-electron chi connectivity index (χ0n) is 11.4. The Morgan fingerprint density at radius 3 is 2.88 bits per heavy atom. The second-order valence-corrected chi connectivity index (χ2v) is 4.98. The molecule has 1 heterocycles. The highest BCUT2D eigenvalue weighted by molar-refractivity contribution is 5.75. The van der Waals surface area contributed by atoms with Gasteiger partial charge in [-0.3, -0.25) is 4.79 Å². The van der Waals surface area contributed by atoms with E-state index in [0.29, 0.717) is 12.6 Å². The van der Waals surface area contributed by atoms with Gasteiger partial charge in [0.15, 0.2) is 0 Å². The third-order valence-corrected chi connectivity index (χ3v) is 3.47. The van der Waals surface area contributed by atoms with Gasteiger partial charge in [-0.25, -0.2) is 0 Å². The quantitative estimate of drug-likeness (QED) is 0.749. The molecule has 0 radical (unpaired) electrons. The van der Waals surface area contributed by atoms with Crippen molar-refractivity contribution in [2.45, 2.75) is 64.6 Å². The third kappa shape index (κ3) is 4.28. The SMILES string of the molecule is CCOC(=O)C(C)NC1CCOC(C)(CC)C1. The van der Waals surface area contributed by atoms with Crippen LogP contribution in [-0.2, 0) is 14.3 Å². The summed E-state index contributed by atoms with van der Waals surface area (Å²) in [5.41, 5.74) is -0.0513. The van der Waals surface area contributed by atoms with Crippen molar-refractivity contribution in [3.63, 3.8) is 0 Å². The van der Waals surface area contributed by atoms with Crippen molar-refractivity contribution >= 4 is 5.97 Å². The van der Waals surface area contributed by atoms with Crippen LogP contribution in [0.1, 0.15) is 47.0 Å². The molecule has 1 saturated heterocycles. The normalized spacial score (nSPS) is 30.9. The van der Waals surface area contributed by atoms with Crippen LogP contribution >= 0.6 is 0 Å². The van der Waals surface area contributed by atoms with Gasteiger partial charge in [-0.1, -0.05) is 6.92 Å². The molecule has 1 rings (SSSR count). The van der Waals surface area contributed by atoms with Crippen molar-refractivity contribution in [3.8, 4) is 0 Å². The van der Waals surface area contributed by atoms with Gasteiger partial charge in [0.2, 0.25) is 0 Å². The number of nitrogens with one attached hydrogen (secondary N) is 1. The number of rotatable bonds is 5. The second kappa shape index (κ2) is 6.36. The van der Waals surface area contributed by atoms with Crippen LogP contribution in [0.3, 0.4) is 0 Å². The first-order chi connectivity index (χ1) is 8.00. The minimum Gasteiger partial charge on any atom is -0.465 e. The van der Waals surface area contributed by atoms with E-state index in [0.717, 1.165) is 25.9 Å². The molecular formula is C13H25NO3. The fraction of sp³-hybridized carbons (Fsp3) is 0.923. The molecule has 4 heteroatoms. The summed E-state index contributed by atoms with van der Waals surface area (Å²) >= 11 is 0. The molecule has 17 heavy (non-hydrogen) atoms. The van der Waals surface area contributed by atoms with E-state index in [2.05, 4.69) is 19.2 Å². The first-order valence-electron chi connectivity index (χ1n) is 6.57. The van der Waals surface area contributed by atoms with Crippen LogP contribution in [0, 0.1) is 0 Å². The average Bonchev–Trinajstić information content (AvgIpc) is 2.29. The number of hydrogen-bond acceptors (Lipinski definition) is 4.